The molecule has 0 unspecified atom stereocenters. The first-order valence-corrected chi connectivity index (χ1v) is 13.8. The number of anilines is 1. The number of benzene rings is 2. The molecule has 1 aliphatic heterocycles. The Hall–Kier alpha value is -3.50. The van der Waals surface area contributed by atoms with Gasteiger partial charge in [0, 0.05) is 10.0 Å². The summed E-state index contributed by atoms with van der Waals surface area (Å²) in [6.07, 6.45) is 1.93. The fourth-order valence-corrected chi connectivity index (χ4v) is 5.31. The third kappa shape index (κ3) is 5.51. The zero-order chi connectivity index (χ0) is 27.4. The summed E-state index contributed by atoms with van der Waals surface area (Å²) in [6.45, 7) is 6.19. The number of aromatic nitrogens is 1. The number of Topliss-reactive ketones (excluding diaryl/α,β-unsaturated/α-hetero) is 1. The number of carbonyl (C=O) groups is 3. The maximum atomic E-state index is 13.4. The summed E-state index contributed by atoms with van der Waals surface area (Å²) in [5.74, 6) is -1.90. The largest absolute Gasteiger partial charge is 0.507 e. The minimum absolute atomic E-state index is 0.0671. The summed E-state index contributed by atoms with van der Waals surface area (Å²) in [5, 5.41) is 11.5. The molecule has 1 atom stereocenters. The first-order valence-electron chi connectivity index (χ1n) is 12.2. The van der Waals surface area contributed by atoms with Crippen LogP contribution in [-0.4, -0.2) is 41.0 Å². The first kappa shape index (κ1) is 27.5. The highest BCUT2D eigenvalue weighted by molar-refractivity contribution is 9.10. The van der Waals surface area contributed by atoms with Crippen molar-refractivity contribution in [3.8, 4) is 5.75 Å². The molecular weight excluding hydrogens is 572 g/mol. The number of ketones is 1. The van der Waals surface area contributed by atoms with E-state index in [0.717, 1.165) is 28.7 Å². The standard InChI is InChI=1S/C28H27BrN2O6S/c1-4-6-15-37-20-13-9-18(10-14-20)23(32)21-22(17-7-11-19(29)12-8-17)31(26(34)24(21)33)28-30-16(3)25(38-28)27(35)36-5-2/h7-14,22,32H,4-6,15H2,1-3H3/t22-/m0/s1. The molecule has 0 spiro atoms. The molecule has 2 aromatic carbocycles. The van der Waals surface area contributed by atoms with E-state index >= 15 is 0 Å². The van der Waals surface area contributed by atoms with Crippen LogP contribution in [0.5, 0.6) is 5.75 Å². The lowest BCUT2D eigenvalue weighted by atomic mass is 9.95. The molecule has 1 N–H and O–H groups in total. The minimum atomic E-state index is -0.954. The molecule has 4 rings (SSSR count). The van der Waals surface area contributed by atoms with Crippen LogP contribution in [0.4, 0.5) is 5.13 Å². The molecule has 1 aromatic heterocycles. The lowest BCUT2D eigenvalue weighted by Crippen LogP contribution is -2.29. The van der Waals surface area contributed by atoms with Crippen molar-refractivity contribution in [2.75, 3.05) is 18.1 Å². The highest BCUT2D eigenvalue weighted by Gasteiger charge is 2.48. The molecule has 8 nitrogen and oxygen atoms in total. The van der Waals surface area contributed by atoms with Gasteiger partial charge in [-0.2, -0.15) is 0 Å². The average molecular weight is 600 g/mol. The minimum Gasteiger partial charge on any atom is -0.507 e. The Morgan fingerprint density at radius 3 is 2.42 bits per heavy atom. The van der Waals surface area contributed by atoms with Gasteiger partial charge in [0.05, 0.1) is 30.5 Å². The van der Waals surface area contributed by atoms with Crippen molar-refractivity contribution in [3.05, 3.63) is 80.3 Å². The van der Waals surface area contributed by atoms with Gasteiger partial charge in [-0.25, -0.2) is 9.78 Å². The molecule has 3 aromatic rings. The van der Waals surface area contributed by atoms with Gasteiger partial charge in [0.2, 0.25) is 0 Å². The summed E-state index contributed by atoms with van der Waals surface area (Å²) < 4.78 is 11.6. The Morgan fingerprint density at radius 2 is 1.79 bits per heavy atom. The number of esters is 1. The first-order chi connectivity index (χ1) is 18.3. The molecule has 2 heterocycles. The van der Waals surface area contributed by atoms with Crippen LogP contribution in [0.15, 0.2) is 58.6 Å². The zero-order valence-electron chi connectivity index (χ0n) is 21.2. The second kappa shape index (κ2) is 11.9. The van der Waals surface area contributed by atoms with E-state index < -0.39 is 23.7 Å². The summed E-state index contributed by atoms with van der Waals surface area (Å²) in [7, 11) is 0. The number of hydrogen-bond acceptors (Lipinski definition) is 8. The number of ether oxygens (including phenoxy) is 2. The number of halogens is 1. The molecule has 0 bridgehead atoms. The predicted octanol–water partition coefficient (Wildman–Crippen LogP) is 6.20. The maximum Gasteiger partial charge on any atom is 0.350 e. The van der Waals surface area contributed by atoms with E-state index in [-0.39, 0.29) is 27.9 Å². The van der Waals surface area contributed by atoms with Gasteiger partial charge in [-0.1, -0.05) is 52.7 Å². The van der Waals surface area contributed by atoms with Crippen molar-refractivity contribution in [1.29, 1.82) is 0 Å². The maximum absolute atomic E-state index is 13.4. The van der Waals surface area contributed by atoms with E-state index in [2.05, 4.69) is 27.8 Å². The van der Waals surface area contributed by atoms with Crippen LogP contribution in [0.2, 0.25) is 0 Å². The summed E-state index contributed by atoms with van der Waals surface area (Å²) in [4.78, 5) is 45.1. The van der Waals surface area contributed by atoms with E-state index in [1.165, 1.54) is 4.90 Å². The van der Waals surface area contributed by atoms with Gasteiger partial charge in [-0.15, -0.1) is 0 Å². The Balaban J connectivity index is 1.80. The smallest absolute Gasteiger partial charge is 0.350 e. The Kier molecular flexibility index (Phi) is 8.63. The second-order valence-corrected chi connectivity index (χ2v) is 10.5. The van der Waals surface area contributed by atoms with E-state index in [1.54, 1.807) is 62.4 Å². The molecule has 1 saturated heterocycles. The molecule has 1 amide bonds. The lowest BCUT2D eigenvalue weighted by Gasteiger charge is -2.23. The third-order valence-corrected chi connectivity index (χ3v) is 7.64. The second-order valence-electron chi connectivity index (χ2n) is 8.58. The van der Waals surface area contributed by atoms with Crippen LogP contribution >= 0.6 is 27.3 Å². The SMILES string of the molecule is CCCCOc1ccc(C(O)=C2C(=O)C(=O)N(c3nc(C)c(C(=O)OCC)s3)[C@H]2c2ccc(Br)cc2)cc1. The molecule has 0 radical (unpaired) electrons. The number of unbranched alkanes of at least 4 members (excludes halogenated alkanes) is 1. The van der Waals surface area contributed by atoms with Crippen molar-refractivity contribution in [1.82, 2.24) is 4.98 Å². The number of carbonyl (C=O) groups excluding carboxylic acids is 3. The fraction of sp³-hybridized carbons (Fsp3) is 0.286. The fourth-order valence-electron chi connectivity index (χ4n) is 4.06. The third-order valence-electron chi connectivity index (χ3n) is 5.98. The number of nitrogens with zero attached hydrogens (tertiary/aromatic N) is 2. The number of rotatable bonds is 9. The van der Waals surface area contributed by atoms with Gasteiger partial charge in [0.1, 0.15) is 16.4 Å². The summed E-state index contributed by atoms with van der Waals surface area (Å²) in [5.41, 5.74) is 1.29. The van der Waals surface area contributed by atoms with Gasteiger partial charge >= 0.3 is 11.9 Å². The molecule has 10 heteroatoms. The van der Waals surface area contributed by atoms with Crippen molar-refractivity contribution >= 4 is 55.8 Å². The highest BCUT2D eigenvalue weighted by Crippen LogP contribution is 2.44. The summed E-state index contributed by atoms with van der Waals surface area (Å²) in [6, 6.07) is 12.9. The van der Waals surface area contributed by atoms with Crippen LogP contribution in [0, 0.1) is 6.92 Å². The van der Waals surface area contributed by atoms with E-state index in [4.69, 9.17) is 9.47 Å². The van der Waals surface area contributed by atoms with Crippen molar-refractivity contribution < 1.29 is 29.0 Å². The van der Waals surface area contributed by atoms with E-state index in [1.807, 2.05) is 0 Å². The van der Waals surface area contributed by atoms with Crippen LogP contribution in [0.3, 0.4) is 0 Å². The Morgan fingerprint density at radius 1 is 1.11 bits per heavy atom. The number of hydrogen-bond donors (Lipinski definition) is 1. The predicted molar refractivity (Wildman–Crippen MR) is 149 cm³/mol. The van der Waals surface area contributed by atoms with Crippen LogP contribution < -0.4 is 9.64 Å². The number of aliphatic hydroxyl groups is 1. The number of thiazole rings is 1. The topological polar surface area (TPSA) is 106 Å². The Labute approximate surface area is 233 Å². The molecule has 198 valence electrons. The highest BCUT2D eigenvalue weighted by atomic mass is 79.9. The summed E-state index contributed by atoms with van der Waals surface area (Å²) >= 11 is 4.38. The van der Waals surface area contributed by atoms with Gasteiger partial charge in [-0.05, 0) is 62.2 Å². The van der Waals surface area contributed by atoms with Crippen molar-refractivity contribution in [2.24, 2.45) is 0 Å². The Bertz CT molecular complexity index is 1380. The van der Waals surface area contributed by atoms with Crippen molar-refractivity contribution in [2.45, 2.75) is 39.7 Å². The molecule has 38 heavy (non-hydrogen) atoms. The van der Waals surface area contributed by atoms with Crippen LogP contribution in [-0.2, 0) is 14.3 Å². The van der Waals surface area contributed by atoms with Gasteiger partial charge in [0.25, 0.3) is 5.78 Å². The van der Waals surface area contributed by atoms with E-state index in [0.29, 0.717) is 29.2 Å². The number of aryl methyl sites for hydroxylation is 1. The average Bonchev–Trinajstić information content (AvgIpc) is 3.41. The number of amides is 1. The van der Waals surface area contributed by atoms with Crippen LogP contribution in [0.1, 0.15) is 59.2 Å². The molecular formula is C28H27BrN2O6S. The molecule has 0 saturated carbocycles. The molecule has 0 aliphatic carbocycles. The van der Waals surface area contributed by atoms with Crippen molar-refractivity contribution in [3.63, 3.8) is 0 Å². The normalized spacial score (nSPS) is 16.6. The number of aliphatic hydroxyl groups excluding tert-OH is 1. The lowest BCUT2D eigenvalue weighted by molar-refractivity contribution is -0.132. The molecule has 1 aliphatic rings. The quantitative estimate of drug-likeness (QED) is 0.103. The monoisotopic (exact) mass is 598 g/mol. The van der Waals surface area contributed by atoms with Crippen LogP contribution in [0.25, 0.3) is 5.76 Å². The van der Waals surface area contributed by atoms with Gasteiger partial charge in [0.15, 0.2) is 5.13 Å². The van der Waals surface area contributed by atoms with Gasteiger partial charge in [-0.3, -0.25) is 14.5 Å². The zero-order valence-corrected chi connectivity index (χ0v) is 23.6. The molecule has 1 fully saturated rings. The van der Waals surface area contributed by atoms with E-state index in [9.17, 15) is 19.5 Å². The van der Waals surface area contributed by atoms with Gasteiger partial charge < -0.3 is 14.6 Å².